The first-order valence-electron chi connectivity index (χ1n) is 13.6. The number of carbonyl (C=O) groups is 2. The minimum atomic E-state index is -0.612. The molecule has 1 aromatic heterocycles. The lowest BCUT2D eigenvalue weighted by atomic mass is 9.94. The van der Waals surface area contributed by atoms with Crippen LogP contribution in [0.5, 0.6) is 0 Å². The summed E-state index contributed by atoms with van der Waals surface area (Å²) in [6.07, 6.45) is 1.74. The minimum Gasteiger partial charge on any atom is -0.443 e. The number of ether oxygens (including phenoxy) is 1. The molecule has 0 bridgehead atoms. The van der Waals surface area contributed by atoms with E-state index in [4.69, 9.17) is 4.74 Å². The van der Waals surface area contributed by atoms with Crippen LogP contribution in [0.15, 0.2) is 97.2 Å². The van der Waals surface area contributed by atoms with Crippen LogP contribution in [-0.4, -0.2) is 29.1 Å². The van der Waals surface area contributed by atoms with Gasteiger partial charge in [-0.15, -0.1) is 0 Å². The van der Waals surface area contributed by atoms with Gasteiger partial charge in [0.2, 0.25) is 0 Å². The van der Waals surface area contributed by atoms with Crippen molar-refractivity contribution in [2.24, 2.45) is 0 Å². The number of benzene rings is 3. The van der Waals surface area contributed by atoms with Gasteiger partial charge in [0.15, 0.2) is 0 Å². The van der Waals surface area contributed by atoms with Gasteiger partial charge in [0.1, 0.15) is 5.60 Å². The van der Waals surface area contributed by atoms with Gasteiger partial charge in [-0.1, -0.05) is 74.5 Å². The van der Waals surface area contributed by atoms with E-state index in [1.54, 1.807) is 17.2 Å². The highest BCUT2D eigenvalue weighted by atomic mass is 16.6. The van der Waals surface area contributed by atoms with Gasteiger partial charge < -0.3 is 10.1 Å². The molecule has 40 heavy (non-hydrogen) atoms. The Hall–Kier alpha value is -4.45. The molecule has 6 heteroatoms. The summed E-state index contributed by atoms with van der Waals surface area (Å²) in [7, 11) is 0. The first-order valence-corrected chi connectivity index (χ1v) is 13.6. The number of pyridine rings is 1. The fraction of sp³-hybridized carbons (Fsp3) is 0.265. The van der Waals surface area contributed by atoms with Gasteiger partial charge >= 0.3 is 6.09 Å². The highest BCUT2D eigenvalue weighted by Crippen LogP contribution is 2.28. The van der Waals surface area contributed by atoms with Crippen molar-refractivity contribution in [1.82, 2.24) is 4.98 Å². The Morgan fingerprint density at radius 3 is 2.35 bits per heavy atom. The van der Waals surface area contributed by atoms with Crippen LogP contribution in [0.25, 0.3) is 11.1 Å². The largest absolute Gasteiger partial charge is 0.443 e. The van der Waals surface area contributed by atoms with Crippen molar-refractivity contribution in [2.45, 2.75) is 52.6 Å². The summed E-state index contributed by atoms with van der Waals surface area (Å²) in [5.41, 5.74) is 5.25. The molecule has 6 nitrogen and oxygen atoms in total. The number of nitrogens with one attached hydrogen (secondary N) is 1. The number of nitrogens with zero attached hydrogens (tertiary/aromatic N) is 2. The molecule has 0 aliphatic heterocycles. The molecule has 0 saturated heterocycles. The molecule has 0 radical (unpaired) electrons. The summed E-state index contributed by atoms with van der Waals surface area (Å²) < 4.78 is 5.65. The fourth-order valence-corrected chi connectivity index (χ4v) is 4.37. The normalized spacial score (nSPS) is 11.2. The van der Waals surface area contributed by atoms with Gasteiger partial charge in [0, 0.05) is 41.8 Å². The second-order valence-corrected chi connectivity index (χ2v) is 11.0. The zero-order chi connectivity index (χ0) is 28.7. The Morgan fingerprint density at radius 2 is 1.62 bits per heavy atom. The number of aromatic nitrogens is 1. The average Bonchev–Trinajstić information content (AvgIpc) is 2.93. The Morgan fingerprint density at radius 1 is 0.900 bits per heavy atom. The monoisotopic (exact) mass is 535 g/mol. The summed E-state index contributed by atoms with van der Waals surface area (Å²) in [6, 6.07) is 29.0. The van der Waals surface area contributed by atoms with Crippen LogP contribution in [0, 0.1) is 0 Å². The summed E-state index contributed by atoms with van der Waals surface area (Å²) >= 11 is 0. The number of carbonyl (C=O) groups excluding carboxylic acids is 2. The zero-order valence-electron chi connectivity index (χ0n) is 23.8. The molecule has 0 spiro atoms. The lowest BCUT2D eigenvalue weighted by Crippen LogP contribution is -2.38. The van der Waals surface area contributed by atoms with Crippen molar-refractivity contribution in [3.63, 3.8) is 0 Å². The molecule has 4 rings (SSSR count). The van der Waals surface area contributed by atoms with Crippen molar-refractivity contribution in [2.75, 3.05) is 16.8 Å². The highest BCUT2D eigenvalue weighted by molar-refractivity contribution is 6.08. The molecule has 0 fully saturated rings. The molecule has 4 aromatic rings. The van der Waals surface area contributed by atoms with Gasteiger partial charge in [-0.2, -0.15) is 0 Å². The van der Waals surface area contributed by atoms with Gasteiger partial charge in [0.05, 0.1) is 0 Å². The number of para-hydroxylation sites is 1. The van der Waals surface area contributed by atoms with Crippen molar-refractivity contribution in [1.29, 1.82) is 0 Å². The standard InChI is InChI=1S/C34H37N3O3/c1-24(2)25-12-11-13-26(22-25)30-16-9-10-17-31(30)32(38)36-28-18-20-35-27(23-28)19-21-37(29-14-7-6-8-15-29)33(39)40-34(3,4)5/h6-18,20,22-24H,19,21H2,1-5H3,(H,35,36,38). The van der Waals surface area contributed by atoms with E-state index < -0.39 is 11.7 Å². The molecule has 3 aromatic carbocycles. The van der Waals surface area contributed by atoms with Gasteiger partial charge in [0.25, 0.3) is 5.91 Å². The lowest BCUT2D eigenvalue weighted by Gasteiger charge is -2.27. The van der Waals surface area contributed by atoms with Crippen LogP contribution < -0.4 is 10.2 Å². The predicted molar refractivity (Wildman–Crippen MR) is 162 cm³/mol. The van der Waals surface area contributed by atoms with Crippen molar-refractivity contribution in [3.8, 4) is 11.1 Å². The summed E-state index contributed by atoms with van der Waals surface area (Å²) in [4.78, 5) is 32.5. The Bertz CT molecular complexity index is 1460. The number of hydrogen-bond donors (Lipinski definition) is 1. The SMILES string of the molecule is CC(C)c1cccc(-c2ccccc2C(=O)Nc2ccnc(CCN(C(=O)OC(C)(C)C)c3ccccc3)c2)c1. The molecular formula is C34H37N3O3. The fourth-order valence-electron chi connectivity index (χ4n) is 4.37. The van der Waals surface area contributed by atoms with E-state index in [0.717, 1.165) is 22.5 Å². The molecule has 1 N–H and O–H groups in total. The molecule has 0 atom stereocenters. The Balaban J connectivity index is 1.50. The summed E-state index contributed by atoms with van der Waals surface area (Å²) in [6.45, 7) is 10.2. The van der Waals surface area contributed by atoms with E-state index in [-0.39, 0.29) is 5.91 Å². The maximum Gasteiger partial charge on any atom is 0.414 e. The molecule has 0 aliphatic rings. The first-order chi connectivity index (χ1) is 19.1. The highest BCUT2D eigenvalue weighted by Gasteiger charge is 2.23. The molecule has 0 aliphatic carbocycles. The van der Waals surface area contributed by atoms with E-state index in [2.05, 4.69) is 36.3 Å². The van der Waals surface area contributed by atoms with E-state index in [1.165, 1.54) is 5.56 Å². The van der Waals surface area contributed by atoms with E-state index in [9.17, 15) is 9.59 Å². The average molecular weight is 536 g/mol. The minimum absolute atomic E-state index is 0.192. The number of hydrogen-bond acceptors (Lipinski definition) is 4. The van der Waals surface area contributed by atoms with E-state index in [1.807, 2.05) is 93.6 Å². The quantitative estimate of drug-likeness (QED) is 0.247. The van der Waals surface area contributed by atoms with E-state index in [0.29, 0.717) is 30.1 Å². The molecule has 0 saturated carbocycles. The maximum absolute atomic E-state index is 13.4. The summed E-state index contributed by atoms with van der Waals surface area (Å²) in [5, 5.41) is 3.04. The Kier molecular flexibility index (Phi) is 9.00. The van der Waals surface area contributed by atoms with Gasteiger partial charge in [-0.25, -0.2) is 4.79 Å². The molecule has 1 heterocycles. The topological polar surface area (TPSA) is 71.5 Å². The molecular weight excluding hydrogens is 498 g/mol. The molecule has 0 unspecified atom stereocenters. The van der Waals surface area contributed by atoms with Crippen molar-refractivity contribution >= 4 is 23.4 Å². The van der Waals surface area contributed by atoms with Crippen molar-refractivity contribution in [3.05, 3.63) is 114 Å². The van der Waals surface area contributed by atoms with E-state index >= 15 is 0 Å². The van der Waals surface area contributed by atoms with Crippen LogP contribution in [0.4, 0.5) is 16.2 Å². The summed E-state index contributed by atoms with van der Waals surface area (Å²) in [5.74, 6) is 0.201. The third-order valence-electron chi connectivity index (χ3n) is 6.38. The third-order valence-corrected chi connectivity index (χ3v) is 6.38. The Labute approximate surface area is 237 Å². The van der Waals surface area contributed by atoms with Crippen molar-refractivity contribution < 1.29 is 14.3 Å². The second kappa shape index (κ2) is 12.6. The second-order valence-electron chi connectivity index (χ2n) is 11.0. The molecule has 206 valence electrons. The van der Waals surface area contributed by atoms with Crippen LogP contribution in [-0.2, 0) is 11.2 Å². The molecule has 2 amide bonds. The predicted octanol–water partition coefficient (Wildman–Crippen LogP) is 8.11. The maximum atomic E-state index is 13.4. The number of rotatable bonds is 8. The first kappa shape index (κ1) is 28.6. The van der Waals surface area contributed by atoms with Gasteiger partial charge in [-0.3, -0.25) is 14.7 Å². The van der Waals surface area contributed by atoms with Crippen LogP contribution >= 0.6 is 0 Å². The zero-order valence-corrected chi connectivity index (χ0v) is 23.8. The third kappa shape index (κ3) is 7.56. The van der Waals surface area contributed by atoms with Crippen LogP contribution in [0.1, 0.15) is 62.2 Å². The number of anilines is 2. The van der Waals surface area contributed by atoms with Crippen LogP contribution in [0.2, 0.25) is 0 Å². The lowest BCUT2D eigenvalue weighted by molar-refractivity contribution is 0.0580. The number of amides is 2. The van der Waals surface area contributed by atoms with Gasteiger partial charge in [-0.05, 0) is 73.7 Å². The smallest absolute Gasteiger partial charge is 0.414 e. The van der Waals surface area contributed by atoms with Crippen LogP contribution in [0.3, 0.4) is 0 Å².